The minimum atomic E-state index is -0.187. The average molecular weight is 352 g/mol. The minimum Gasteiger partial charge on any atom is -0.397 e. The van der Waals surface area contributed by atoms with Gasteiger partial charge in [0.1, 0.15) is 0 Å². The van der Waals surface area contributed by atoms with E-state index in [9.17, 15) is 9.59 Å². The number of amides is 2. The van der Waals surface area contributed by atoms with Crippen molar-refractivity contribution in [2.75, 3.05) is 32.4 Å². The topological polar surface area (TPSA) is 79.5 Å². The van der Waals surface area contributed by atoms with E-state index in [0.717, 1.165) is 35.1 Å². The lowest BCUT2D eigenvalue weighted by Crippen LogP contribution is -2.42. The van der Waals surface area contributed by atoms with Crippen molar-refractivity contribution in [3.05, 3.63) is 36.0 Å². The second-order valence-electron chi connectivity index (χ2n) is 7.43. The average Bonchev–Trinajstić information content (AvgIpc) is 2.99. The van der Waals surface area contributed by atoms with Gasteiger partial charge in [-0.25, -0.2) is 0 Å². The second kappa shape index (κ2) is 6.59. The van der Waals surface area contributed by atoms with Gasteiger partial charge in [0.15, 0.2) is 0 Å². The van der Waals surface area contributed by atoms with Crippen LogP contribution in [0.3, 0.4) is 0 Å². The Bertz CT molecular complexity index is 858. The minimum absolute atomic E-state index is 0.0615. The number of aromatic nitrogens is 1. The SMILES string of the molecule is CN1C[C@H](C(=O)N2CCC(c3nc4ccccc4cc3N)CC2)CC1=O. The fourth-order valence-electron chi connectivity index (χ4n) is 4.13. The molecule has 4 rings (SSSR count). The van der Waals surface area contributed by atoms with Crippen LogP contribution < -0.4 is 5.73 Å². The summed E-state index contributed by atoms with van der Waals surface area (Å²) < 4.78 is 0. The molecule has 26 heavy (non-hydrogen) atoms. The number of rotatable bonds is 2. The number of hydrogen-bond donors (Lipinski definition) is 1. The molecule has 2 aromatic rings. The number of benzene rings is 1. The molecule has 3 heterocycles. The van der Waals surface area contributed by atoms with E-state index in [1.54, 1.807) is 11.9 Å². The first-order valence-electron chi connectivity index (χ1n) is 9.21. The number of piperidine rings is 1. The highest BCUT2D eigenvalue weighted by molar-refractivity contribution is 5.89. The molecule has 0 bridgehead atoms. The van der Waals surface area contributed by atoms with Gasteiger partial charge in [-0.3, -0.25) is 14.6 Å². The number of hydrogen-bond acceptors (Lipinski definition) is 4. The van der Waals surface area contributed by atoms with Crippen LogP contribution in [0.1, 0.15) is 30.9 Å². The molecule has 2 fully saturated rings. The van der Waals surface area contributed by atoms with E-state index >= 15 is 0 Å². The van der Waals surface area contributed by atoms with Gasteiger partial charge in [-0.2, -0.15) is 0 Å². The molecule has 2 aliphatic heterocycles. The van der Waals surface area contributed by atoms with Gasteiger partial charge in [0, 0.05) is 44.4 Å². The first-order valence-corrected chi connectivity index (χ1v) is 9.21. The number of carbonyl (C=O) groups is 2. The summed E-state index contributed by atoms with van der Waals surface area (Å²) in [5, 5.41) is 1.05. The summed E-state index contributed by atoms with van der Waals surface area (Å²) in [4.78, 5) is 32.7. The van der Waals surface area contributed by atoms with E-state index in [0.29, 0.717) is 26.1 Å². The zero-order chi connectivity index (χ0) is 18.3. The maximum absolute atomic E-state index is 12.7. The molecule has 0 aliphatic carbocycles. The van der Waals surface area contributed by atoms with Crippen LogP contribution in [-0.2, 0) is 9.59 Å². The lowest BCUT2D eigenvalue weighted by atomic mass is 9.91. The number of nitrogen functional groups attached to an aromatic ring is 1. The number of likely N-dealkylation sites (tertiary alicyclic amines) is 2. The molecule has 0 radical (unpaired) electrons. The van der Waals surface area contributed by atoms with Gasteiger partial charge < -0.3 is 15.5 Å². The molecule has 0 unspecified atom stereocenters. The van der Waals surface area contributed by atoms with Gasteiger partial charge in [-0.05, 0) is 25.0 Å². The molecule has 1 aromatic carbocycles. The molecule has 0 spiro atoms. The van der Waals surface area contributed by atoms with E-state index in [4.69, 9.17) is 10.7 Å². The normalized spacial score (nSPS) is 21.6. The molecule has 2 aliphatic rings. The van der Waals surface area contributed by atoms with Crippen molar-refractivity contribution in [1.29, 1.82) is 0 Å². The van der Waals surface area contributed by atoms with Crippen molar-refractivity contribution in [3.63, 3.8) is 0 Å². The number of nitrogens with two attached hydrogens (primary N) is 1. The van der Waals surface area contributed by atoms with Gasteiger partial charge in [0.25, 0.3) is 0 Å². The quantitative estimate of drug-likeness (QED) is 0.896. The molecule has 136 valence electrons. The predicted molar refractivity (Wildman–Crippen MR) is 100 cm³/mol. The fraction of sp³-hybridized carbons (Fsp3) is 0.450. The summed E-state index contributed by atoms with van der Waals surface area (Å²) in [5.74, 6) is 0.261. The first-order chi connectivity index (χ1) is 12.5. The lowest BCUT2D eigenvalue weighted by molar-refractivity contribution is -0.136. The monoisotopic (exact) mass is 352 g/mol. The molecule has 0 saturated carbocycles. The van der Waals surface area contributed by atoms with E-state index in [2.05, 4.69) is 0 Å². The third-order valence-electron chi connectivity index (χ3n) is 5.67. The van der Waals surface area contributed by atoms with Crippen molar-refractivity contribution in [2.45, 2.75) is 25.2 Å². The van der Waals surface area contributed by atoms with Crippen LogP contribution in [0.5, 0.6) is 0 Å². The second-order valence-corrected chi connectivity index (χ2v) is 7.43. The maximum atomic E-state index is 12.7. The molecule has 2 amide bonds. The highest BCUT2D eigenvalue weighted by Gasteiger charge is 2.36. The predicted octanol–water partition coefficient (Wildman–Crippen LogP) is 2.00. The first kappa shape index (κ1) is 16.8. The number of para-hydroxylation sites is 1. The molecule has 2 N–H and O–H groups in total. The number of nitrogens with zero attached hydrogens (tertiary/aromatic N) is 3. The van der Waals surface area contributed by atoms with Crippen molar-refractivity contribution in [1.82, 2.24) is 14.8 Å². The van der Waals surface area contributed by atoms with Crippen molar-refractivity contribution in [3.8, 4) is 0 Å². The summed E-state index contributed by atoms with van der Waals surface area (Å²) in [7, 11) is 1.76. The van der Waals surface area contributed by atoms with Crippen LogP contribution in [0.2, 0.25) is 0 Å². The van der Waals surface area contributed by atoms with Crippen LogP contribution in [0.15, 0.2) is 30.3 Å². The van der Waals surface area contributed by atoms with E-state index in [1.807, 2.05) is 35.2 Å². The van der Waals surface area contributed by atoms with Crippen LogP contribution in [-0.4, -0.2) is 53.3 Å². The van der Waals surface area contributed by atoms with Crippen molar-refractivity contribution >= 4 is 28.4 Å². The molecule has 2 saturated heterocycles. The van der Waals surface area contributed by atoms with Crippen molar-refractivity contribution < 1.29 is 9.59 Å². The summed E-state index contributed by atoms with van der Waals surface area (Å²) in [5.41, 5.74) is 8.90. The Balaban J connectivity index is 1.44. The Morgan fingerprint density at radius 1 is 1.23 bits per heavy atom. The fourth-order valence-corrected chi connectivity index (χ4v) is 4.13. The largest absolute Gasteiger partial charge is 0.397 e. The third kappa shape index (κ3) is 3.00. The third-order valence-corrected chi connectivity index (χ3v) is 5.67. The number of anilines is 1. The Hall–Kier alpha value is -2.63. The molecular formula is C20H24N4O2. The lowest BCUT2D eigenvalue weighted by Gasteiger charge is -2.33. The van der Waals surface area contributed by atoms with Gasteiger partial charge >= 0.3 is 0 Å². The van der Waals surface area contributed by atoms with E-state index < -0.39 is 0 Å². The van der Waals surface area contributed by atoms with Gasteiger partial charge in [-0.1, -0.05) is 18.2 Å². The van der Waals surface area contributed by atoms with Gasteiger partial charge in [0.05, 0.1) is 22.8 Å². The summed E-state index contributed by atoms with van der Waals surface area (Å²) in [6, 6.07) is 9.98. The standard InChI is InChI=1S/C20H24N4O2/c1-23-12-15(11-18(23)25)20(26)24-8-6-13(7-9-24)19-16(21)10-14-4-2-3-5-17(14)22-19/h2-5,10,13,15H,6-9,11-12,21H2,1H3/t15-/m1/s1. The highest BCUT2D eigenvalue weighted by atomic mass is 16.2. The zero-order valence-corrected chi connectivity index (χ0v) is 15.0. The molecule has 6 heteroatoms. The Labute approximate surface area is 153 Å². The molecule has 1 atom stereocenters. The number of pyridine rings is 1. The molecule has 6 nitrogen and oxygen atoms in total. The van der Waals surface area contributed by atoms with Crippen molar-refractivity contribution in [2.24, 2.45) is 5.92 Å². The summed E-state index contributed by atoms with van der Waals surface area (Å²) in [6.45, 7) is 1.94. The summed E-state index contributed by atoms with van der Waals surface area (Å²) >= 11 is 0. The Morgan fingerprint density at radius 2 is 1.96 bits per heavy atom. The van der Waals surface area contributed by atoms with Gasteiger partial charge in [0.2, 0.25) is 11.8 Å². The van der Waals surface area contributed by atoms with Crippen LogP contribution >= 0.6 is 0 Å². The van der Waals surface area contributed by atoms with Crippen LogP contribution in [0.4, 0.5) is 5.69 Å². The Kier molecular flexibility index (Phi) is 4.26. The van der Waals surface area contributed by atoms with E-state index in [1.165, 1.54) is 0 Å². The molecule has 1 aromatic heterocycles. The summed E-state index contributed by atoms with van der Waals surface area (Å²) in [6.07, 6.45) is 2.06. The van der Waals surface area contributed by atoms with Gasteiger partial charge in [-0.15, -0.1) is 0 Å². The van der Waals surface area contributed by atoms with Crippen LogP contribution in [0.25, 0.3) is 10.9 Å². The number of fused-ring (bicyclic) bond motifs is 1. The zero-order valence-electron chi connectivity index (χ0n) is 15.0. The molecular weight excluding hydrogens is 328 g/mol. The smallest absolute Gasteiger partial charge is 0.227 e. The highest BCUT2D eigenvalue weighted by Crippen LogP contribution is 2.33. The van der Waals surface area contributed by atoms with E-state index in [-0.39, 0.29) is 23.7 Å². The number of carbonyl (C=O) groups excluding carboxylic acids is 2. The maximum Gasteiger partial charge on any atom is 0.227 e. The Morgan fingerprint density at radius 3 is 2.65 bits per heavy atom. The van der Waals surface area contributed by atoms with Crippen LogP contribution in [0, 0.1) is 5.92 Å².